The second kappa shape index (κ2) is 1.80. The summed E-state index contributed by atoms with van der Waals surface area (Å²) in [6.45, 7) is 2.06. The zero-order valence-electron chi connectivity index (χ0n) is 5.07. The van der Waals surface area contributed by atoms with E-state index in [1.165, 1.54) is 0 Å². The van der Waals surface area contributed by atoms with E-state index in [9.17, 15) is 0 Å². The van der Waals surface area contributed by atoms with Gasteiger partial charge in [-0.1, -0.05) is 5.92 Å². The largest absolute Gasteiger partial charge is 0.395 e. The van der Waals surface area contributed by atoms with Gasteiger partial charge in [0.15, 0.2) is 0 Å². The molecule has 8 heavy (non-hydrogen) atoms. The second-order valence-electron chi connectivity index (χ2n) is 2.31. The van der Waals surface area contributed by atoms with E-state index in [0.717, 1.165) is 12.8 Å². The Morgan fingerprint density at radius 3 is 2.38 bits per heavy atom. The summed E-state index contributed by atoms with van der Waals surface area (Å²) in [6.07, 6.45) is 2.18. The summed E-state index contributed by atoms with van der Waals surface area (Å²) in [7, 11) is 0. The van der Waals surface area contributed by atoms with Gasteiger partial charge in [-0.3, -0.25) is 0 Å². The standard InChI is InChI=1S/C7H10O/c1-2-3-7(6-8)4-5-7/h8H,4-6H2,1H3. The van der Waals surface area contributed by atoms with Crippen LogP contribution in [0.15, 0.2) is 0 Å². The van der Waals surface area contributed by atoms with E-state index in [1.807, 2.05) is 6.92 Å². The molecule has 0 atom stereocenters. The molecule has 0 heterocycles. The van der Waals surface area contributed by atoms with E-state index < -0.39 is 0 Å². The summed E-state index contributed by atoms with van der Waals surface area (Å²) in [5, 5.41) is 8.69. The van der Waals surface area contributed by atoms with Crippen molar-refractivity contribution < 1.29 is 5.11 Å². The lowest BCUT2D eigenvalue weighted by Gasteiger charge is -1.96. The molecule has 0 aromatic carbocycles. The van der Waals surface area contributed by atoms with Crippen LogP contribution in [0.1, 0.15) is 19.8 Å². The van der Waals surface area contributed by atoms with Crippen LogP contribution in [0.25, 0.3) is 0 Å². The van der Waals surface area contributed by atoms with Crippen LogP contribution in [0.3, 0.4) is 0 Å². The van der Waals surface area contributed by atoms with E-state index in [1.54, 1.807) is 0 Å². The van der Waals surface area contributed by atoms with Crippen LogP contribution in [0.2, 0.25) is 0 Å². The maximum absolute atomic E-state index is 8.69. The van der Waals surface area contributed by atoms with Gasteiger partial charge in [-0.2, -0.15) is 0 Å². The average Bonchev–Trinajstić information content (AvgIpc) is 2.50. The summed E-state index contributed by atoms with van der Waals surface area (Å²) in [6, 6.07) is 0. The predicted molar refractivity (Wildman–Crippen MR) is 32.2 cm³/mol. The van der Waals surface area contributed by atoms with Gasteiger partial charge >= 0.3 is 0 Å². The summed E-state index contributed by atoms with van der Waals surface area (Å²) < 4.78 is 0. The van der Waals surface area contributed by atoms with Gasteiger partial charge < -0.3 is 5.11 Å². The molecule has 0 saturated heterocycles. The fourth-order valence-corrected chi connectivity index (χ4v) is 0.739. The van der Waals surface area contributed by atoms with E-state index in [-0.39, 0.29) is 12.0 Å². The molecule has 1 nitrogen and oxygen atoms in total. The number of aliphatic hydroxyl groups excluding tert-OH is 1. The topological polar surface area (TPSA) is 20.2 Å². The highest BCUT2D eigenvalue weighted by Crippen LogP contribution is 2.44. The molecule has 0 bridgehead atoms. The zero-order valence-corrected chi connectivity index (χ0v) is 5.07. The van der Waals surface area contributed by atoms with Crippen molar-refractivity contribution in [3.8, 4) is 11.8 Å². The van der Waals surface area contributed by atoms with Gasteiger partial charge in [0.05, 0.1) is 12.0 Å². The molecule has 0 aliphatic heterocycles. The predicted octanol–water partition coefficient (Wildman–Crippen LogP) is 0.782. The number of aliphatic hydroxyl groups is 1. The maximum Gasteiger partial charge on any atom is 0.0597 e. The van der Waals surface area contributed by atoms with Crippen LogP contribution in [-0.4, -0.2) is 11.7 Å². The molecule has 0 amide bonds. The highest BCUT2D eigenvalue weighted by Gasteiger charge is 2.40. The summed E-state index contributed by atoms with van der Waals surface area (Å²) in [4.78, 5) is 0. The molecule has 1 rings (SSSR count). The summed E-state index contributed by atoms with van der Waals surface area (Å²) in [5.41, 5.74) is 0.0365. The fraction of sp³-hybridized carbons (Fsp3) is 0.714. The van der Waals surface area contributed by atoms with Crippen molar-refractivity contribution >= 4 is 0 Å². The van der Waals surface area contributed by atoms with Crippen molar-refractivity contribution in [3.05, 3.63) is 0 Å². The molecule has 0 unspecified atom stereocenters. The monoisotopic (exact) mass is 110 g/mol. The van der Waals surface area contributed by atoms with E-state index in [0.29, 0.717) is 0 Å². The van der Waals surface area contributed by atoms with Crippen molar-refractivity contribution in [1.82, 2.24) is 0 Å². The van der Waals surface area contributed by atoms with Crippen molar-refractivity contribution in [2.45, 2.75) is 19.8 Å². The van der Waals surface area contributed by atoms with Crippen molar-refractivity contribution in [2.75, 3.05) is 6.61 Å². The van der Waals surface area contributed by atoms with Crippen molar-refractivity contribution in [1.29, 1.82) is 0 Å². The van der Waals surface area contributed by atoms with Crippen LogP contribution in [0.5, 0.6) is 0 Å². The zero-order chi connectivity index (χ0) is 6.04. The molecule has 1 N–H and O–H groups in total. The summed E-state index contributed by atoms with van der Waals surface area (Å²) >= 11 is 0. The SMILES string of the molecule is CC#CC1(CO)CC1. The molecule has 0 spiro atoms. The first-order chi connectivity index (χ1) is 3.83. The molecular weight excluding hydrogens is 100 g/mol. The quantitative estimate of drug-likeness (QED) is 0.494. The van der Waals surface area contributed by atoms with Gasteiger partial charge in [0.2, 0.25) is 0 Å². The first-order valence-corrected chi connectivity index (χ1v) is 2.88. The van der Waals surface area contributed by atoms with Gasteiger partial charge in [-0.15, -0.1) is 5.92 Å². The lowest BCUT2D eigenvalue weighted by molar-refractivity contribution is 0.247. The normalized spacial score (nSPS) is 21.2. The van der Waals surface area contributed by atoms with Crippen LogP contribution in [-0.2, 0) is 0 Å². The second-order valence-corrected chi connectivity index (χ2v) is 2.31. The third-order valence-corrected chi connectivity index (χ3v) is 1.55. The molecular formula is C7H10O. The Morgan fingerprint density at radius 2 is 2.25 bits per heavy atom. The first-order valence-electron chi connectivity index (χ1n) is 2.88. The van der Waals surface area contributed by atoms with Crippen molar-refractivity contribution in [2.24, 2.45) is 5.41 Å². The Balaban J connectivity index is 2.49. The van der Waals surface area contributed by atoms with Gasteiger partial charge in [0, 0.05) is 0 Å². The Kier molecular flexibility index (Phi) is 1.27. The van der Waals surface area contributed by atoms with Gasteiger partial charge in [-0.05, 0) is 19.8 Å². The van der Waals surface area contributed by atoms with Crippen molar-refractivity contribution in [3.63, 3.8) is 0 Å². The third kappa shape index (κ3) is 0.850. The molecule has 1 saturated carbocycles. The first kappa shape index (κ1) is 5.65. The maximum atomic E-state index is 8.69. The fourth-order valence-electron chi connectivity index (χ4n) is 0.739. The van der Waals surface area contributed by atoms with Gasteiger partial charge in [0.25, 0.3) is 0 Å². The highest BCUT2D eigenvalue weighted by molar-refractivity contribution is 5.18. The van der Waals surface area contributed by atoms with Crippen LogP contribution in [0, 0.1) is 17.3 Å². The Bertz CT molecular complexity index is 134. The third-order valence-electron chi connectivity index (χ3n) is 1.55. The number of rotatable bonds is 1. The lowest BCUT2D eigenvalue weighted by atomic mass is 10.1. The Morgan fingerprint density at radius 1 is 1.62 bits per heavy atom. The summed E-state index contributed by atoms with van der Waals surface area (Å²) in [5.74, 6) is 5.79. The molecule has 1 aliphatic rings. The van der Waals surface area contributed by atoms with Crippen LogP contribution in [0.4, 0.5) is 0 Å². The van der Waals surface area contributed by atoms with E-state index >= 15 is 0 Å². The van der Waals surface area contributed by atoms with Gasteiger partial charge in [0.1, 0.15) is 0 Å². The lowest BCUT2D eigenvalue weighted by Crippen LogP contribution is -2.01. The Labute approximate surface area is 49.7 Å². The molecule has 0 aromatic rings. The molecule has 1 heteroatoms. The van der Waals surface area contributed by atoms with E-state index in [2.05, 4.69) is 11.8 Å². The molecule has 1 fully saturated rings. The highest BCUT2D eigenvalue weighted by atomic mass is 16.3. The molecule has 44 valence electrons. The number of hydrogen-bond donors (Lipinski definition) is 1. The number of hydrogen-bond acceptors (Lipinski definition) is 1. The molecule has 0 aromatic heterocycles. The smallest absolute Gasteiger partial charge is 0.0597 e. The minimum absolute atomic E-state index is 0.0365. The van der Waals surface area contributed by atoms with E-state index in [4.69, 9.17) is 5.11 Å². The molecule has 0 radical (unpaired) electrons. The minimum Gasteiger partial charge on any atom is -0.395 e. The minimum atomic E-state index is 0.0365. The van der Waals surface area contributed by atoms with Crippen LogP contribution >= 0.6 is 0 Å². The van der Waals surface area contributed by atoms with Gasteiger partial charge in [-0.25, -0.2) is 0 Å². The average molecular weight is 110 g/mol. The Hall–Kier alpha value is -0.480. The van der Waals surface area contributed by atoms with Crippen LogP contribution < -0.4 is 0 Å². The molecule has 1 aliphatic carbocycles.